The Morgan fingerprint density at radius 2 is 0.719 bits per heavy atom. The summed E-state index contributed by atoms with van der Waals surface area (Å²) in [6, 6.07) is 40.6. The Morgan fingerprint density at radius 3 is 0.969 bits per heavy atom. The Hall–Kier alpha value is -2.97. The molecule has 3 nitrogen and oxygen atoms in total. The Morgan fingerprint density at radius 1 is 0.469 bits per heavy atom. The van der Waals surface area contributed by atoms with Crippen LogP contribution in [-0.4, -0.2) is 13.2 Å². The monoisotopic (exact) mass is 442 g/mol. The van der Waals surface area contributed by atoms with Gasteiger partial charge in [0.05, 0.1) is 13.2 Å². The zero-order valence-electron chi connectivity index (χ0n) is 17.8. The third-order valence-electron chi connectivity index (χ3n) is 5.54. The maximum atomic E-state index is 12.7. The summed E-state index contributed by atoms with van der Waals surface area (Å²) in [6.45, 7) is 0.598. The van der Waals surface area contributed by atoms with Crippen LogP contribution in [0.25, 0.3) is 0 Å². The number of rotatable bonds is 10. The SMILES string of the molecule is O=[PH](OCC(c1ccccc1)c1ccccc1)OCC(c1ccccc1)c1ccccc1. The van der Waals surface area contributed by atoms with Gasteiger partial charge in [0.1, 0.15) is 0 Å². The van der Waals surface area contributed by atoms with Gasteiger partial charge in [-0.3, -0.25) is 4.57 Å². The van der Waals surface area contributed by atoms with Gasteiger partial charge < -0.3 is 9.05 Å². The van der Waals surface area contributed by atoms with Gasteiger partial charge in [0.2, 0.25) is 0 Å². The minimum absolute atomic E-state index is 0.00556. The summed E-state index contributed by atoms with van der Waals surface area (Å²) in [7, 11) is -2.66. The van der Waals surface area contributed by atoms with E-state index in [9.17, 15) is 4.57 Å². The van der Waals surface area contributed by atoms with Crippen molar-refractivity contribution >= 4 is 8.25 Å². The molecule has 0 aliphatic carbocycles. The summed E-state index contributed by atoms with van der Waals surface area (Å²) in [5.74, 6) is -0.0111. The van der Waals surface area contributed by atoms with Crippen molar-refractivity contribution in [2.24, 2.45) is 0 Å². The highest BCUT2D eigenvalue weighted by atomic mass is 31.1. The second kappa shape index (κ2) is 11.6. The molecular formula is C28H27O3P. The fraction of sp³-hybridized carbons (Fsp3) is 0.143. The molecule has 0 aliphatic rings. The van der Waals surface area contributed by atoms with Crippen molar-refractivity contribution in [2.75, 3.05) is 13.2 Å². The van der Waals surface area contributed by atoms with Gasteiger partial charge in [0.15, 0.2) is 0 Å². The van der Waals surface area contributed by atoms with Gasteiger partial charge in [-0.15, -0.1) is 0 Å². The van der Waals surface area contributed by atoms with Crippen LogP contribution in [0.4, 0.5) is 0 Å². The molecule has 4 rings (SSSR count). The molecule has 0 aromatic heterocycles. The second-order valence-electron chi connectivity index (χ2n) is 7.62. The van der Waals surface area contributed by atoms with Crippen LogP contribution in [0.5, 0.6) is 0 Å². The molecule has 4 heteroatoms. The standard InChI is InChI=1S/C28H27O3P/c29-32(30-21-27(23-13-5-1-6-14-23)24-15-7-2-8-16-24)31-22-28(25-17-9-3-10-18-25)26-19-11-4-12-20-26/h1-20,27-28,32H,21-22H2. The summed E-state index contributed by atoms with van der Waals surface area (Å²) in [5, 5.41) is 0. The first-order valence-corrected chi connectivity index (χ1v) is 12.0. The zero-order chi connectivity index (χ0) is 22.0. The molecule has 0 saturated heterocycles. The lowest BCUT2D eigenvalue weighted by Gasteiger charge is -2.20. The van der Waals surface area contributed by atoms with Crippen LogP contribution in [0, 0.1) is 0 Å². The Balaban J connectivity index is 1.43. The van der Waals surface area contributed by atoms with Crippen molar-refractivity contribution in [1.29, 1.82) is 0 Å². The predicted octanol–water partition coefficient (Wildman–Crippen LogP) is 7.07. The fourth-order valence-corrected chi connectivity index (χ4v) is 4.54. The first-order valence-electron chi connectivity index (χ1n) is 10.8. The van der Waals surface area contributed by atoms with E-state index in [4.69, 9.17) is 9.05 Å². The molecular weight excluding hydrogens is 415 g/mol. The third kappa shape index (κ3) is 6.05. The van der Waals surface area contributed by atoms with Gasteiger partial charge >= 0.3 is 8.25 Å². The smallest absolute Gasteiger partial charge is 0.310 e. The van der Waals surface area contributed by atoms with E-state index in [-0.39, 0.29) is 11.8 Å². The summed E-state index contributed by atoms with van der Waals surface area (Å²) in [6.07, 6.45) is 0. The van der Waals surface area contributed by atoms with E-state index in [2.05, 4.69) is 48.5 Å². The van der Waals surface area contributed by atoms with E-state index < -0.39 is 8.25 Å². The maximum Gasteiger partial charge on any atom is 0.319 e. The molecule has 0 amide bonds. The molecule has 0 fully saturated rings. The predicted molar refractivity (Wildman–Crippen MR) is 130 cm³/mol. The highest BCUT2D eigenvalue weighted by Gasteiger charge is 2.18. The summed E-state index contributed by atoms with van der Waals surface area (Å²) >= 11 is 0. The van der Waals surface area contributed by atoms with Crippen LogP contribution < -0.4 is 0 Å². The lowest BCUT2D eigenvalue weighted by molar-refractivity contribution is 0.216. The fourth-order valence-electron chi connectivity index (χ4n) is 3.86. The van der Waals surface area contributed by atoms with Crippen LogP contribution in [0.2, 0.25) is 0 Å². The van der Waals surface area contributed by atoms with Crippen LogP contribution >= 0.6 is 8.25 Å². The zero-order valence-corrected chi connectivity index (χ0v) is 18.8. The van der Waals surface area contributed by atoms with E-state index in [1.54, 1.807) is 0 Å². The number of benzene rings is 4. The summed E-state index contributed by atoms with van der Waals surface area (Å²) < 4.78 is 24.2. The molecule has 0 radical (unpaired) electrons. The third-order valence-corrected chi connectivity index (χ3v) is 6.35. The molecule has 162 valence electrons. The van der Waals surface area contributed by atoms with Crippen molar-refractivity contribution < 1.29 is 13.6 Å². The van der Waals surface area contributed by atoms with Crippen molar-refractivity contribution in [3.8, 4) is 0 Å². The molecule has 0 saturated carbocycles. The normalized spacial score (nSPS) is 11.3. The molecule has 0 aliphatic heterocycles. The van der Waals surface area contributed by atoms with Gasteiger partial charge in [0.25, 0.3) is 0 Å². The largest absolute Gasteiger partial charge is 0.319 e. The van der Waals surface area contributed by atoms with E-state index in [1.165, 1.54) is 0 Å². The average Bonchev–Trinajstić information content (AvgIpc) is 2.87. The molecule has 0 heterocycles. The molecule has 32 heavy (non-hydrogen) atoms. The maximum absolute atomic E-state index is 12.7. The lowest BCUT2D eigenvalue weighted by atomic mass is 9.92. The van der Waals surface area contributed by atoms with Gasteiger partial charge in [-0.05, 0) is 22.3 Å². The Kier molecular flexibility index (Phi) is 8.05. The van der Waals surface area contributed by atoms with Gasteiger partial charge in [-0.1, -0.05) is 121 Å². The van der Waals surface area contributed by atoms with Crippen LogP contribution in [0.1, 0.15) is 34.1 Å². The topological polar surface area (TPSA) is 35.5 Å². The molecule has 0 N–H and O–H groups in total. The average molecular weight is 442 g/mol. The molecule has 0 spiro atoms. The first-order chi connectivity index (χ1) is 15.8. The summed E-state index contributed by atoms with van der Waals surface area (Å²) in [5.41, 5.74) is 4.50. The number of hydrogen-bond donors (Lipinski definition) is 0. The molecule has 0 bridgehead atoms. The van der Waals surface area contributed by atoms with Crippen LogP contribution in [-0.2, 0) is 13.6 Å². The van der Waals surface area contributed by atoms with Gasteiger partial charge in [-0.25, -0.2) is 0 Å². The van der Waals surface area contributed by atoms with Crippen LogP contribution in [0.15, 0.2) is 121 Å². The Bertz CT molecular complexity index is 919. The minimum Gasteiger partial charge on any atom is -0.310 e. The minimum atomic E-state index is -2.66. The van der Waals surface area contributed by atoms with Gasteiger partial charge in [0, 0.05) is 11.8 Å². The van der Waals surface area contributed by atoms with E-state index in [1.807, 2.05) is 72.8 Å². The first kappa shape index (κ1) is 22.2. The van der Waals surface area contributed by atoms with Crippen molar-refractivity contribution in [3.05, 3.63) is 144 Å². The summed E-state index contributed by atoms with van der Waals surface area (Å²) in [4.78, 5) is 0. The van der Waals surface area contributed by atoms with Crippen molar-refractivity contribution in [2.45, 2.75) is 11.8 Å². The molecule has 4 aromatic rings. The number of hydrogen-bond acceptors (Lipinski definition) is 3. The quantitative estimate of drug-likeness (QED) is 0.246. The second-order valence-corrected chi connectivity index (χ2v) is 8.70. The van der Waals surface area contributed by atoms with E-state index in [0.717, 1.165) is 22.3 Å². The molecule has 4 aromatic carbocycles. The Labute approximate surface area is 190 Å². The molecule has 0 atom stereocenters. The highest BCUT2D eigenvalue weighted by Crippen LogP contribution is 2.34. The molecule has 0 unspecified atom stereocenters. The van der Waals surface area contributed by atoms with E-state index >= 15 is 0 Å². The lowest BCUT2D eigenvalue weighted by Crippen LogP contribution is -2.10. The highest BCUT2D eigenvalue weighted by molar-refractivity contribution is 7.33. The van der Waals surface area contributed by atoms with Gasteiger partial charge in [-0.2, -0.15) is 0 Å². The van der Waals surface area contributed by atoms with E-state index in [0.29, 0.717) is 13.2 Å². The van der Waals surface area contributed by atoms with Crippen molar-refractivity contribution in [3.63, 3.8) is 0 Å². The van der Waals surface area contributed by atoms with Crippen LogP contribution in [0.3, 0.4) is 0 Å². The van der Waals surface area contributed by atoms with Crippen molar-refractivity contribution in [1.82, 2.24) is 0 Å².